The summed E-state index contributed by atoms with van der Waals surface area (Å²) < 4.78 is 15.2. The Morgan fingerprint density at radius 2 is 1.89 bits per heavy atom. The Morgan fingerprint density at radius 1 is 1.21 bits per heavy atom. The summed E-state index contributed by atoms with van der Waals surface area (Å²) in [7, 11) is 1.28. The Kier molecular flexibility index (Phi) is 8.15. The number of nitrogens with one attached hydrogen (secondary N) is 2. The van der Waals surface area contributed by atoms with Crippen molar-refractivity contribution in [1.82, 2.24) is 10.6 Å². The molecule has 5 N–H and O–H groups in total. The lowest BCUT2D eigenvalue weighted by Gasteiger charge is -2.42. The molecular formula is C18H26N2O8. The zero-order valence-electron chi connectivity index (χ0n) is 15.6. The number of carbonyl (C=O) groups excluding carboxylic acids is 2. The predicted molar refractivity (Wildman–Crippen MR) is 95.9 cm³/mol. The van der Waals surface area contributed by atoms with E-state index in [2.05, 4.69) is 10.6 Å². The van der Waals surface area contributed by atoms with Crippen LogP contribution in [0, 0.1) is 0 Å². The molecule has 0 aliphatic carbocycles. The van der Waals surface area contributed by atoms with Crippen LogP contribution in [0.4, 0.5) is 4.79 Å². The molecule has 0 bridgehead atoms. The zero-order chi connectivity index (χ0) is 20.7. The van der Waals surface area contributed by atoms with Gasteiger partial charge < -0.3 is 40.2 Å². The van der Waals surface area contributed by atoms with Crippen molar-refractivity contribution in [3.63, 3.8) is 0 Å². The van der Waals surface area contributed by atoms with Crippen molar-refractivity contribution in [2.24, 2.45) is 0 Å². The number of ether oxygens (including phenoxy) is 3. The van der Waals surface area contributed by atoms with Crippen molar-refractivity contribution in [3.05, 3.63) is 35.9 Å². The number of hydrogen-bond acceptors (Lipinski definition) is 8. The normalized spacial score (nSPS) is 28.2. The minimum Gasteiger partial charge on any atom is -0.445 e. The van der Waals surface area contributed by atoms with Crippen LogP contribution >= 0.6 is 0 Å². The van der Waals surface area contributed by atoms with Gasteiger partial charge in [-0.2, -0.15) is 0 Å². The van der Waals surface area contributed by atoms with Gasteiger partial charge in [-0.05, 0) is 12.5 Å². The van der Waals surface area contributed by atoms with E-state index in [0.717, 1.165) is 5.56 Å². The molecule has 5 unspecified atom stereocenters. The fraction of sp³-hybridized carbons (Fsp3) is 0.556. The first kappa shape index (κ1) is 22.1. The van der Waals surface area contributed by atoms with Crippen molar-refractivity contribution in [1.29, 1.82) is 0 Å². The molecule has 0 aromatic heterocycles. The molecule has 10 heteroatoms. The summed E-state index contributed by atoms with van der Waals surface area (Å²) in [6.45, 7) is 0.945. The van der Waals surface area contributed by atoms with Crippen molar-refractivity contribution >= 4 is 12.0 Å². The van der Waals surface area contributed by atoms with Gasteiger partial charge in [-0.3, -0.25) is 4.79 Å². The van der Waals surface area contributed by atoms with E-state index in [1.807, 2.05) is 18.2 Å². The molecule has 156 valence electrons. The third-order valence-electron chi connectivity index (χ3n) is 4.37. The van der Waals surface area contributed by atoms with Crippen LogP contribution in [0.2, 0.25) is 0 Å². The van der Waals surface area contributed by atoms with Gasteiger partial charge in [0.05, 0.1) is 12.6 Å². The maximum Gasteiger partial charge on any atom is 0.408 e. The fourth-order valence-corrected chi connectivity index (χ4v) is 2.75. The summed E-state index contributed by atoms with van der Waals surface area (Å²) in [6.07, 6.45) is -5.71. The summed E-state index contributed by atoms with van der Waals surface area (Å²) in [5.41, 5.74) is 0.795. The van der Waals surface area contributed by atoms with Gasteiger partial charge in [-0.1, -0.05) is 30.3 Å². The van der Waals surface area contributed by atoms with E-state index in [9.17, 15) is 24.9 Å². The van der Waals surface area contributed by atoms with Crippen LogP contribution in [0.25, 0.3) is 0 Å². The first-order chi connectivity index (χ1) is 13.4. The second-order valence-corrected chi connectivity index (χ2v) is 6.40. The quantitative estimate of drug-likeness (QED) is 0.388. The maximum atomic E-state index is 12.4. The first-order valence-corrected chi connectivity index (χ1v) is 8.80. The third kappa shape index (κ3) is 5.63. The average Bonchev–Trinajstić information content (AvgIpc) is 2.70. The predicted octanol–water partition coefficient (Wildman–Crippen LogP) is -1.13. The topological polar surface area (TPSA) is 147 Å². The lowest BCUT2D eigenvalue weighted by atomic mass is 9.96. The highest BCUT2D eigenvalue weighted by molar-refractivity contribution is 5.85. The highest BCUT2D eigenvalue weighted by Gasteiger charge is 2.45. The van der Waals surface area contributed by atoms with Crippen molar-refractivity contribution in [2.45, 2.75) is 50.2 Å². The molecule has 0 saturated carbocycles. The Balaban J connectivity index is 1.88. The van der Waals surface area contributed by atoms with Gasteiger partial charge in [0.2, 0.25) is 5.91 Å². The van der Waals surface area contributed by atoms with E-state index < -0.39 is 55.3 Å². The molecule has 1 aromatic carbocycles. The molecule has 10 nitrogen and oxygen atoms in total. The summed E-state index contributed by atoms with van der Waals surface area (Å²) in [5, 5.41) is 34.5. The van der Waals surface area contributed by atoms with Crippen LogP contribution in [0.1, 0.15) is 12.5 Å². The smallest absolute Gasteiger partial charge is 0.408 e. The van der Waals surface area contributed by atoms with Gasteiger partial charge in [-0.25, -0.2) is 4.79 Å². The minimum absolute atomic E-state index is 0.0477. The van der Waals surface area contributed by atoms with Crippen molar-refractivity contribution in [2.75, 3.05) is 13.7 Å². The molecule has 1 aromatic rings. The zero-order valence-corrected chi connectivity index (χ0v) is 15.6. The van der Waals surface area contributed by atoms with Crippen molar-refractivity contribution < 1.29 is 39.1 Å². The average molecular weight is 398 g/mol. The van der Waals surface area contributed by atoms with E-state index in [4.69, 9.17) is 14.2 Å². The van der Waals surface area contributed by atoms with Crippen LogP contribution in [0.3, 0.4) is 0 Å². The van der Waals surface area contributed by atoms with Gasteiger partial charge in [0, 0.05) is 7.11 Å². The second kappa shape index (κ2) is 10.3. The molecule has 0 radical (unpaired) electrons. The minimum atomic E-state index is -1.37. The van der Waals surface area contributed by atoms with E-state index in [1.165, 1.54) is 14.0 Å². The second-order valence-electron chi connectivity index (χ2n) is 6.40. The van der Waals surface area contributed by atoms with Crippen molar-refractivity contribution in [3.8, 4) is 0 Å². The molecule has 1 aliphatic rings. The van der Waals surface area contributed by atoms with E-state index in [0.29, 0.717) is 0 Å². The molecule has 1 heterocycles. The van der Waals surface area contributed by atoms with Crippen LogP contribution in [0.5, 0.6) is 0 Å². The van der Waals surface area contributed by atoms with Crippen LogP contribution in [-0.4, -0.2) is 77.7 Å². The Hall–Kier alpha value is -2.24. The summed E-state index contributed by atoms with van der Waals surface area (Å²) in [5.74, 6) is -0.659. The highest BCUT2D eigenvalue weighted by Crippen LogP contribution is 2.21. The molecular weight excluding hydrogens is 372 g/mol. The number of alkyl carbamates (subject to hydrolysis) is 1. The largest absolute Gasteiger partial charge is 0.445 e. The highest BCUT2D eigenvalue weighted by atomic mass is 16.7. The molecule has 1 aliphatic heterocycles. The maximum absolute atomic E-state index is 12.4. The number of aliphatic hydroxyl groups excluding tert-OH is 3. The molecule has 6 atom stereocenters. The fourth-order valence-electron chi connectivity index (χ4n) is 2.75. The van der Waals surface area contributed by atoms with Crippen LogP contribution < -0.4 is 10.6 Å². The summed E-state index contributed by atoms with van der Waals surface area (Å²) in [6, 6.07) is 6.88. The Bertz CT molecular complexity index is 628. The van der Waals surface area contributed by atoms with Gasteiger partial charge in [-0.15, -0.1) is 0 Å². The molecule has 28 heavy (non-hydrogen) atoms. The number of rotatable bonds is 7. The van der Waals surface area contributed by atoms with E-state index in [-0.39, 0.29) is 6.61 Å². The lowest BCUT2D eigenvalue weighted by molar-refractivity contribution is -0.271. The van der Waals surface area contributed by atoms with Gasteiger partial charge in [0.25, 0.3) is 0 Å². The number of hydrogen-bond donors (Lipinski definition) is 5. The standard InChI is InChI=1S/C18H26N2O8/c1-10(19-18(25)27-9-11-6-4-3-5-7-11)16(24)20-13-14(22)12(8-21)28-17(26-2)15(13)23/h3-7,10,12-15,17,21-23H,8-9H2,1-2H3,(H,19,25)(H,20,24)/t10-,12?,13?,14?,15?,17?/m0/s1. The molecule has 1 fully saturated rings. The molecule has 0 spiro atoms. The molecule has 2 rings (SSSR count). The summed E-state index contributed by atoms with van der Waals surface area (Å²) >= 11 is 0. The number of amides is 2. The monoisotopic (exact) mass is 398 g/mol. The number of benzene rings is 1. The van der Waals surface area contributed by atoms with E-state index in [1.54, 1.807) is 12.1 Å². The number of methoxy groups -OCH3 is 1. The molecule has 1 saturated heterocycles. The molecule has 2 amide bonds. The van der Waals surface area contributed by atoms with Crippen LogP contribution in [0.15, 0.2) is 30.3 Å². The van der Waals surface area contributed by atoms with Crippen LogP contribution in [-0.2, 0) is 25.6 Å². The van der Waals surface area contributed by atoms with Gasteiger partial charge in [0.1, 0.15) is 31.0 Å². The Morgan fingerprint density at radius 3 is 2.50 bits per heavy atom. The van der Waals surface area contributed by atoms with E-state index >= 15 is 0 Å². The van der Waals surface area contributed by atoms with Gasteiger partial charge in [0.15, 0.2) is 6.29 Å². The Labute approximate surface area is 162 Å². The third-order valence-corrected chi connectivity index (χ3v) is 4.37. The lowest BCUT2D eigenvalue weighted by Crippen LogP contribution is -2.66. The number of aliphatic hydroxyl groups is 3. The first-order valence-electron chi connectivity index (χ1n) is 8.80. The number of carbonyl (C=O) groups is 2. The van der Waals surface area contributed by atoms with Gasteiger partial charge >= 0.3 is 6.09 Å². The summed E-state index contributed by atoms with van der Waals surface area (Å²) in [4.78, 5) is 24.2. The SMILES string of the molecule is COC1OC(CO)C(O)C(NC(=O)[C@H](C)NC(=O)OCc2ccccc2)C1O.